The van der Waals surface area contributed by atoms with E-state index in [4.69, 9.17) is 11.6 Å². The first-order valence-corrected chi connectivity index (χ1v) is 9.14. The van der Waals surface area contributed by atoms with E-state index in [-0.39, 0.29) is 5.91 Å². The van der Waals surface area contributed by atoms with Crippen LogP contribution in [0.1, 0.15) is 17.5 Å². The molecule has 0 spiro atoms. The van der Waals surface area contributed by atoms with Crippen LogP contribution in [0.4, 0.5) is 0 Å². The SMILES string of the molecule is O=C(Cc1ccsc1)N1CCCN(Cc2ccncc2Cl)CC1. The van der Waals surface area contributed by atoms with Crippen LogP contribution >= 0.6 is 22.9 Å². The smallest absolute Gasteiger partial charge is 0.227 e. The zero-order valence-electron chi connectivity index (χ0n) is 12.9. The minimum absolute atomic E-state index is 0.229. The standard InChI is InChI=1S/C17H20ClN3OS/c18-16-11-19-4-2-15(16)12-20-5-1-6-21(8-7-20)17(22)10-14-3-9-23-13-14/h2-4,9,11,13H,1,5-8,10,12H2. The quantitative estimate of drug-likeness (QED) is 0.851. The minimum Gasteiger partial charge on any atom is -0.341 e. The molecule has 0 aromatic carbocycles. The number of aromatic nitrogens is 1. The molecule has 1 aliphatic heterocycles. The number of nitrogens with zero attached hydrogens (tertiary/aromatic N) is 3. The fraction of sp³-hybridized carbons (Fsp3) is 0.412. The number of hydrogen-bond donors (Lipinski definition) is 0. The molecule has 2 aromatic rings. The third-order valence-electron chi connectivity index (χ3n) is 4.13. The first-order valence-electron chi connectivity index (χ1n) is 7.82. The van der Waals surface area contributed by atoms with Gasteiger partial charge in [-0.1, -0.05) is 11.6 Å². The van der Waals surface area contributed by atoms with Crippen LogP contribution in [0.15, 0.2) is 35.3 Å². The van der Waals surface area contributed by atoms with Crippen LogP contribution in [0.5, 0.6) is 0 Å². The zero-order chi connectivity index (χ0) is 16.1. The first-order chi connectivity index (χ1) is 11.2. The average molecular weight is 350 g/mol. The molecule has 4 nitrogen and oxygen atoms in total. The van der Waals surface area contributed by atoms with Crippen molar-refractivity contribution in [1.82, 2.24) is 14.8 Å². The number of thiophene rings is 1. The number of rotatable bonds is 4. The maximum Gasteiger partial charge on any atom is 0.227 e. The predicted molar refractivity (Wildman–Crippen MR) is 93.7 cm³/mol. The number of amides is 1. The summed E-state index contributed by atoms with van der Waals surface area (Å²) in [5, 5.41) is 4.78. The van der Waals surface area contributed by atoms with Crippen LogP contribution in [-0.4, -0.2) is 46.9 Å². The largest absolute Gasteiger partial charge is 0.341 e. The van der Waals surface area contributed by atoms with Crippen LogP contribution in [0.2, 0.25) is 5.02 Å². The number of halogens is 1. The van der Waals surface area contributed by atoms with E-state index in [1.54, 1.807) is 23.7 Å². The van der Waals surface area contributed by atoms with Gasteiger partial charge in [0.2, 0.25) is 5.91 Å². The second kappa shape index (κ2) is 7.90. The summed E-state index contributed by atoms with van der Waals surface area (Å²) in [6.45, 7) is 4.30. The van der Waals surface area contributed by atoms with Crippen molar-refractivity contribution in [2.24, 2.45) is 0 Å². The van der Waals surface area contributed by atoms with Gasteiger partial charge in [0.1, 0.15) is 0 Å². The van der Waals surface area contributed by atoms with Crippen LogP contribution in [0.25, 0.3) is 0 Å². The summed E-state index contributed by atoms with van der Waals surface area (Å²) in [6.07, 6.45) is 4.97. The van der Waals surface area contributed by atoms with Crippen LogP contribution in [0, 0.1) is 0 Å². The molecule has 122 valence electrons. The van der Waals surface area contributed by atoms with Crippen LogP contribution in [-0.2, 0) is 17.8 Å². The molecule has 0 N–H and O–H groups in total. The van der Waals surface area contributed by atoms with E-state index in [0.29, 0.717) is 11.4 Å². The molecule has 0 atom stereocenters. The molecule has 0 saturated carbocycles. The van der Waals surface area contributed by atoms with Crippen molar-refractivity contribution in [1.29, 1.82) is 0 Å². The topological polar surface area (TPSA) is 36.4 Å². The Balaban J connectivity index is 1.54. The van der Waals surface area contributed by atoms with Crippen molar-refractivity contribution in [2.75, 3.05) is 26.2 Å². The van der Waals surface area contributed by atoms with Gasteiger partial charge >= 0.3 is 0 Å². The molecule has 3 heterocycles. The van der Waals surface area contributed by atoms with Gasteiger partial charge in [-0.15, -0.1) is 0 Å². The highest BCUT2D eigenvalue weighted by Crippen LogP contribution is 2.17. The fourth-order valence-corrected chi connectivity index (χ4v) is 3.68. The minimum atomic E-state index is 0.229. The Labute approximate surface area is 145 Å². The van der Waals surface area contributed by atoms with Gasteiger partial charge in [0.05, 0.1) is 11.4 Å². The van der Waals surface area contributed by atoms with E-state index in [1.807, 2.05) is 27.8 Å². The van der Waals surface area contributed by atoms with Gasteiger partial charge in [0.15, 0.2) is 0 Å². The lowest BCUT2D eigenvalue weighted by Gasteiger charge is -2.22. The molecule has 2 aromatic heterocycles. The number of pyridine rings is 1. The maximum absolute atomic E-state index is 12.4. The highest BCUT2D eigenvalue weighted by Gasteiger charge is 2.19. The Morgan fingerprint density at radius 2 is 2.17 bits per heavy atom. The molecule has 0 bridgehead atoms. The summed E-state index contributed by atoms with van der Waals surface area (Å²) in [6, 6.07) is 3.99. The Kier molecular flexibility index (Phi) is 5.65. The molecular weight excluding hydrogens is 330 g/mol. The molecule has 1 aliphatic rings. The maximum atomic E-state index is 12.4. The van der Waals surface area contributed by atoms with Crippen LogP contribution < -0.4 is 0 Å². The molecule has 23 heavy (non-hydrogen) atoms. The summed E-state index contributed by atoms with van der Waals surface area (Å²) in [4.78, 5) is 20.8. The van der Waals surface area contributed by atoms with Gasteiger partial charge in [0.25, 0.3) is 0 Å². The van der Waals surface area contributed by atoms with Crippen molar-refractivity contribution < 1.29 is 4.79 Å². The lowest BCUT2D eigenvalue weighted by atomic mass is 10.2. The lowest BCUT2D eigenvalue weighted by molar-refractivity contribution is -0.130. The van der Waals surface area contributed by atoms with Crippen molar-refractivity contribution in [3.8, 4) is 0 Å². The van der Waals surface area contributed by atoms with Gasteiger partial charge in [-0.25, -0.2) is 0 Å². The molecule has 6 heteroatoms. The highest BCUT2D eigenvalue weighted by molar-refractivity contribution is 7.08. The molecule has 0 unspecified atom stereocenters. The number of hydrogen-bond acceptors (Lipinski definition) is 4. The first kappa shape index (κ1) is 16.4. The van der Waals surface area contributed by atoms with Crippen LogP contribution in [0.3, 0.4) is 0 Å². The average Bonchev–Trinajstić information content (AvgIpc) is 2.94. The zero-order valence-corrected chi connectivity index (χ0v) is 14.5. The monoisotopic (exact) mass is 349 g/mol. The summed E-state index contributed by atoms with van der Waals surface area (Å²) >= 11 is 7.83. The molecular formula is C17H20ClN3OS. The Morgan fingerprint density at radius 3 is 2.96 bits per heavy atom. The Bertz CT molecular complexity index is 647. The van der Waals surface area contributed by atoms with E-state index in [9.17, 15) is 4.79 Å². The van der Waals surface area contributed by atoms with E-state index in [1.165, 1.54) is 0 Å². The van der Waals surface area contributed by atoms with Crippen molar-refractivity contribution >= 4 is 28.8 Å². The predicted octanol–water partition coefficient (Wildman–Crippen LogP) is 3.07. The van der Waals surface area contributed by atoms with Crippen molar-refractivity contribution in [3.05, 3.63) is 51.4 Å². The lowest BCUT2D eigenvalue weighted by Crippen LogP contribution is -2.36. The molecule has 1 saturated heterocycles. The second-order valence-electron chi connectivity index (χ2n) is 5.79. The molecule has 3 rings (SSSR count). The normalized spacial score (nSPS) is 16.3. The van der Waals surface area contributed by atoms with Gasteiger partial charge in [-0.05, 0) is 40.4 Å². The Morgan fingerprint density at radius 1 is 1.26 bits per heavy atom. The summed E-state index contributed by atoms with van der Waals surface area (Å²) in [5.74, 6) is 0.229. The van der Waals surface area contributed by atoms with Gasteiger partial charge in [-0.3, -0.25) is 14.7 Å². The fourth-order valence-electron chi connectivity index (χ4n) is 2.83. The van der Waals surface area contributed by atoms with Crippen molar-refractivity contribution in [2.45, 2.75) is 19.4 Å². The van der Waals surface area contributed by atoms with E-state index >= 15 is 0 Å². The van der Waals surface area contributed by atoms with Gasteiger partial charge < -0.3 is 4.90 Å². The molecule has 1 amide bonds. The number of carbonyl (C=O) groups excluding carboxylic acids is 1. The third-order valence-corrected chi connectivity index (χ3v) is 5.20. The molecule has 0 radical (unpaired) electrons. The Hall–Kier alpha value is -1.43. The highest BCUT2D eigenvalue weighted by atomic mass is 35.5. The summed E-state index contributed by atoms with van der Waals surface area (Å²) < 4.78 is 0. The van der Waals surface area contributed by atoms with Crippen molar-refractivity contribution in [3.63, 3.8) is 0 Å². The van der Waals surface area contributed by atoms with Gasteiger partial charge in [0, 0.05) is 45.1 Å². The summed E-state index contributed by atoms with van der Waals surface area (Å²) in [7, 11) is 0. The van der Waals surface area contributed by atoms with E-state index in [2.05, 4.69) is 9.88 Å². The molecule has 0 aliphatic carbocycles. The third kappa shape index (κ3) is 4.53. The van der Waals surface area contributed by atoms with E-state index < -0.39 is 0 Å². The second-order valence-corrected chi connectivity index (χ2v) is 6.97. The summed E-state index contributed by atoms with van der Waals surface area (Å²) in [5.41, 5.74) is 2.21. The van der Waals surface area contributed by atoms with Gasteiger partial charge in [-0.2, -0.15) is 11.3 Å². The number of carbonyl (C=O) groups is 1. The van der Waals surface area contributed by atoms with E-state index in [0.717, 1.165) is 50.3 Å². The molecule has 1 fully saturated rings.